The number of aryl methyl sites for hydroxylation is 1. The molecule has 1 atom stereocenters. The minimum absolute atomic E-state index is 0.00821. The molecule has 36 heavy (non-hydrogen) atoms. The molecule has 2 aliphatic rings. The average Bonchev–Trinajstić information content (AvgIpc) is 3.57. The maximum absolute atomic E-state index is 13.9. The van der Waals surface area contributed by atoms with Crippen LogP contribution in [0.25, 0.3) is 33.5 Å². The fraction of sp³-hybridized carbons (Fsp3) is 0.400. The van der Waals surface area contributed by atoms with Crippen LogP contribution in [0.15, 0.2) is 39.8 Å². The molecule has 2 aliphatic heterocycles. The number of halogens is 1. The molecule has 186 valence electrons. The molecule has 2 saturated heterocycles. The Balaban J connectivity index is 1.44. The van der Waals surface area contributed by atoms with Crippen molar-refractivity contribution in [2.24, 2.45) is 0 Å². The van der Waals surface area contributed by atoms with E-state index in [1.165, 1.54) is 0 Å². The van der Waals surface area contributed by atoms with E-state index < -0.39 is 0 Å². The maximum Gasteiger partial charge on any atom is 0.260 e. The summed E-state index contributed by atoms with van der Waals surface area (Å²) in [6.45, 7) is 4.72. The summed E-state index contributed by atoms with van der Waals surface area (Å²) < 4.78 is 12.3. The molecule has 2 fully saturated rings. The number of ether oxygens (including phenoxy) is 1. The lowest BCUT2D eigenvalue weighted by molar-refractivity contribution is 0.0903. The molecule has 0 aliphatic carbocycles. The van der Waals surface area contributed by atoms with E-state index in [1.807, 2.05) is 18.2 Å². The van der Waals surface area contributed by atoms with Gasteiger partial charge in [-0.1, -0.05) is 28.9 Å². The first-order valence-electron chi connectivity index (χ1n) is 12.1. The van der Waals surface area contributed by atoms with Crippen LogP contribution in [-0.2, 0) is 4.74 Å². The summed E-state index contributed by atoms with van der Waals surface area (Å²) in [6, 6.07) is 7.49. The third-order valence-electron chi connectivity index (χ3n) is 6.77. The standard InChI is InChI=1S/C25H26ClN7O3/c1-14-29-22(32-36-14)15-2-3-19(21(26)11-15)20-10-16-12-28-25(30-17-5-8-35-9-6-17)31-23(16)33(24(20)34)18-4-7-27-13-18/h2-3,10-12,17-18,27H,4-9,13H2,1H3,(H,28,30,31). The Labute approximate surface area is 212 Å². The number of nitrogens with one attached hydrogen (secondary N) is 2. The van der Waals surface area contributed by atoms with Crippen LogP contribution in [0, 0.1) is 6.92 Å². The Bertz CT molecular complexity index is 1470. The van der Waals surface area contributed by atoms with Gasteiger partial charge in [0.2, 0.25) is 17.7 Å². The normalized spacial score (nSPS) is 18.7. The van der Waals surface area contributed by atoms with E-state index in [1.54, 1.807) is 23.8 Å². The first kappa shape index (κ1) is 23.1. The van der Waals surface area contributed by atoms with Gasteiger partial charge in [-0.15, -0.1) is 0 Å². The maximum atomic E-state index is 13.9. The van der Waals surface area contributed by atoms with E-state index in [4.69, 9.17) is 25.8 Å². The van der Waals surface area contributed by atoms with Gasteiger partial charge in [0.15, 0.2) is 0 Å². The zero-order valence-corrected chi connectivity index (χ0v) is 20.6. The van der Waals surface area contributed by atoms with Crippen LogP contribution in [0.4, 0.5) is 5.95 Å². The predicted molar refractivity (Wildman–Crippen MR) is 136 cm³/mol. The van der Waals surface area contributed by atoms with Crippen LogP contribution in [0.2, 0.25) is 5.02 Å². The summed E-state index contributed by atoms with van der Waals surface area (Å²) in [5.41, 5.74) is 2.35. The van der Waals surface area contributed by atoms with Crippen molar-refractivity contribution in [2.45, 2.75) is 38.3 Å². The monoisotopic (exact) mass is 507 g/mol. The first-order valence-corrected chi connectivity index (χ1v) is 12.5. The van der Waals surface area contributed by atoms with E-state index in [2.05, 4.69) is 25.8 Å². The molecule has 10 nitrogen and oxygen atoms in total. The van der Waals surface area contributed by atoms with Crippen LogP contribution < -0.4 is 16.2 Å². The van der Waals surface area contributed by atoms with Gasteiger partial charge in [0.05, 0.1) is 6.04 Å². The minimum Gasteiger partial charge on any atom is -0.381 e. The number of rotatable bonds is 5. The van der Waals surface area contributed by atoms with Crippen molar-refractivity contribution in [2.75, 3.05) is 31.6 Å². The second kappa shape index (κ2) is 9.61. The molecule has 0 bridgehead atoms. The van der Waals surface area contributed by atoms with Crippen LogP contribution in [0.3, 0.4) is 0 Å². The van der Waals surface area contributed by atoms with Crippen molar-refractivity contribution < 1.29 is 9.26 Å². The lowest BCUT2D eigenvalue weighted by Gasteiger charge is -2.23. The summed E-state index contributed by atoms with van der Waals surface area (Å²) in [5, 5.41) is 11.9. The smallest absolute Gasteiger partial charge is 0.260 e. The molecule has 1 aromatic carbocycles. The molecule has 5 heterocycles. The van der Waals surface area contributed by atoms with Crippen molar-refractivity contribution in [1.82, 2.24) is 30.0 Å². The molecule has 4 aromatic rings. The molecule has 0 spiro atoms. The largest absolute Gasteiger partial charge is 0.381 e. The van der Waals surface area contributed by atoms with E-state index >= 15 is 0 Å². The van der Waals surface area contributed by atoms with Crippen molar-refractivity contribution >= 4 is 28.6 Å². The van der Waals surface area contributed by atoms with Gasteiger partial charge < -0.3 is 19.9 Å². The Morgan fingerprint density at radius 3 is 2.72 bits per heavy atom. The van der Waals surface area contributed by atoms with Gasteiger partial charge in [-0.2, -0.15) is 9.97 Å². The highest BCUT2D eigenvalue weighted by atomic mass is 35.5. The molecule has 11 heteroatoms. The van der Waals surface area contributed by atoms with Crippen molar-refractivity contribution in [3.8, 4) is 22.5 Å². The Morgan fingerprint density at radius 2 is 2.00 bits per heavy atom. The highest BCUT2D eigenvalue weighted by Crippen LogP contribution is 2.32. The Hall–Kier alpha value is -3.34. The molecule has 1 unspecified atom stereocenters. The van der Waals surface area contributed by atoms with Crippen molar-refractivity contribution in [3.05, 3.63) is 51.7 Å². The lowest BCUT2D eigenvalue weighted by atomic mass is 10.0. The first-order chi connectivity index (χ1) is 17.6. The second-order valence-corrected chi connectivity index (χ2v) is 9.62. The lowest BCUT2D eigenvalue weighted by Crippen LogP contribution is -2.30. The molecule has 0 radical (unpaired) electrons. The fourth-order valence-corrected chi connectivity index (χ4v) is 5.18. The van der Waals surface area contributed by atoms with Gasteiger partial charge in [-0.05, 0) is 37.9 Å². The number of hydrogen-bond donors (Lipinski definition) is 2. The minimum atomic E-state index is -0.128. The van der Waals surface area contributed by atoms with E-state index in [-0.39, 0.29) is 17.6 Å². The highest BCUT2D eigenvalue weighted by molar-refractivity contribution is 6.33. The number of anilines is 1. The Morgan fingerprint density at radius 1 is 1.14 bits per heavy atom. The molecular weight excluding hydrogens is 482 g/mol. The topological polar surface area (TPSA) is 120 Å². The second-order valence-electron chi connectivity index (χ2n) is 9.21. The quantitative estimate of drug-likeness (QED) is 0.417. The van der Waals surface area contributed by atoms with E-state index in [9.17, 15) is 4.79 Å². The number of aromatic nitrogens is 5. The molecular formula is C25H26ClN7O3. The summed E-state index contributed by atoms with van der Waals surface area (Å²) in [7, 11) is 0. The average molecular weight is 508 g/mol. The van der Waals surface area contributed by atoms with E-state index in [0.29, 0.717) is 51.6 Å². The highest BCUT2D eigenvalue weighted by Gasteiger charge is 2.24. The summed E-state index contributed by atoms with van der Waals surface area (Å²) in [5.74, 6) is 1.45. The number of hydrogen-bond acceptors (Lipinski definition) is 9. The van der Waals surface area contributed by atoms with Gasteiger partial charge in [-0.25, -0.2) is 4.98 Å². The van der Waals surface area contributed by atoms with Gasteiger partial charge >= 0.3 is 0 Å². The van der Waals surface area contributed by atoms with Crippen LogP contribution >= 0.6 is 11.6 Å². The van der Waals surface area contributed by atoms with Crippen molar-refractivity contribution in [1.29, 1.82) is 0 Å². The third kappa shape index (κ3) is 4.36. The van der Waals surface area contributed by atoms with Crippen LogP contribution in [0.1, 0.15) is 31.2 Å². The van der Waals surface area contributed by atoms with E-state index in [0.717, 1.165) is 44.4 Å². The van der Waals surface area contributed by atoms with Crippen molar-refractivity contribution in [3.63, 3.8) is 0 Å². The SMILES string of the molecule is Cc1nc(-c2ccc(-c3cc4cnc(NC5CCOCC5)nc4n(C4CCNC4)c3=O)c(Cl)c2)no1. The van der Waals surface area contributed by atoms with Gasteiger partial charge in [0, 0.05) is 66.0 Å². The number of pyridine rings is 1. The summed E-state index contributed by atoms with van der Waals surface area (Å²) in [6.07, 6.45) is 4.42. The molecule has 0 saturated carbocycles. The molecule has 6 rings (SSSR count). The molecule has 3 aromatic heterocycles. The van der Waals surface area contributed by atoms with Gasteiger partial charge in [0.1, 0.15) is 5.65 Å². The van der Waals surface area contributed by atoms with Gasteiger partial charge in [0.25, 0.3) is 5.56 Å². The van der Waals surface area contributed by atoms with Crippen LogP contribution in [-0.4, -0.2) is 57.0 Å². The van der Waals surface area contributed by atoms with Gasteiger partial charge in [-0.3, -0.25) is 9.36 Å². The predicted octanol–water partition coefficient (Wildman–Crippen LogP) is 3.60. The van der Waals surface area contributed by atoms with Crippen LogP contribution in [0.5, 0.6) is 0 Å². The number of nitrogens with zero attached hydrogens (tertiary/aromatic N) is 5. The zero-order chi connectivity index (χ0) is 24.6. The summed E-state index contributed by atoms with van der Waals surface area (Å²) >= 11 is 6.69. The molecule has 0 amide bonds. The third-order valence-corrected chi connectivity index (χ3v) is 7.08. The number of benzene rings is 1. The fourth-order valence-electron chi connectivity index (χ4n) is 4.89. The molecule has 2 N–H and O–H groups in total. The zero-order valence-electron chi connectivity index (χ0n) is 19.8. The summed E-state index contributed by atoms with van der Waals surface area (Å²) in [4.78, 5) is 27.5. The Kier molecular flexibility index (Phi) is 6.16. The number of fused-ring (bicyclic) bond motifs is 1.